The van der Waals surface area contributed by atoms with Crippen LogP contribution in [-0.2, 0) is 0 Å². The third-order valence-corrected chi connectivity index (χ3v) is 5.76. The highest BCUT2D eigenvalue weighted by Gasteiger charge is 2.21. The number of nitrogens with one attached hydrogen (secondary N) is 1. The highest BCUT2D eigenvalue weighted by Crippen LogP contribution is 2.29. The summed E-state index contributed by atoms with van der Waals surface area (Å²) in [6, 6.07) is 15.9. The molecule has 1 aromatic heterocycles. The van der Waals surface area contributed by atoms with Crippen molar-refractivity contribution in [3.8, 4) is 0 Å². The normalized spacial score (nSPS) is 19.6. The van der Waals surface area contributed by atoms with Crippen LogP contribution in [0.15, 0.2) is 48.5 Å². The molecule has 1 aliphatic carbocycles. The van der Waals surface area contributed by atoms with Gasteiger partial charge in [0.2, 0.25) is 0 Å². The van der Waals surface area contributed by atoms with Gasteiger partial charge in [0, 0.05) is 17.6 Å². The summed E-state index contributed by atoms with van der Waals surface area (Å²) in [5.74, 6) is 2.92. The van der Waals surface area contributed by atoms with Crippen LogP contribution in [0.25, 0.3) is 23.1 Å². The molecule has 2 atom stereocenters. The van der Waals surface area contributed by atoms with E-state index in [2.05, 4.69) is 11.4 Å². The molecule has 0 bridgehead atoms. The van der Waals surface area contributed by atoms with Gasteiger partial charge in [0.25, 0.3) is 0 Å². The van der Waals surface area contributed by atoms with Crippen molar-refractivity contribution in [2.45, 2.75) is 25.7 Å². The zero-order chi connectivity index (χ0) is 20.1. The Morgan fingerprint density at radius 2 is 1.76 bits per heavy atom. The molecule has 0 amide bonds. The first-order valence-electron chi connectivity index (χ1n) is 10.5. The van der Waals surface area contributed by atoms with Crippen molar-refractivity contribution in [3.05, 3.63) is 59.9 Å². The van der Waals surface area contributed by atoms with Crippen molar-refractivity contribution in [2.75, 3.05) is 24.1 Å². The van der Waals surface area contributed by atoms with Crippen molar-refractivity contribution < 1.29 is 0 Å². The Balaban J connectivity index is 1.55. The van der Waals surface area contributed by atoms with Crippen molar-refractivity contribution >= 4 is 34.6 Å². The number of hydrogen-bond acceptors (Lipinski definition) is 5. The quantitative estimate of drug-likeness (QED) is 0.540. The summed E-state index contributed by atoms with van der Waals surface area (Å²) >= 11 is 0. The first-order valence-corrected chi connectivity index (χ1v) is 10.5. The molecule has 4 rings (SSSR count). The summed E-state index contributed by atoms with van der Waals surface area (Å²) in [6.07, 6.45) is 8.97. The summed E-state index contributed by atoms with van der Waals surface area (Å²) < 4.78 is 0. The molecule has 0 saturated heterocycles. The predicted octanol–water partition coefficient (Wildman–Crippen LogP) is 4.56. The average Bonchev–Trinajstić information content (AvgIpc) is 2.77. The van der Waals surface area contributed by atoms with Crippen molar-refractivity contribution in [2.24, 2.45) is 17.6 Å². The van der Waals surface area contributed by atoms with Gasteiger partial charge in [-0.25, -0.2) is 9.97 Å². The average molecular weight is 388 g/mol. The second kappa shape index (κ2) is 9.05. The number of nitrogen functional groups attached to an aromatic ring is 1. The van der Waals surface area contributed by atoms with Crippen LogP contribution in [0, 0.1) is 11.8 Å². The summed E-state index contributed by atoms with van der Waals surface area (Å²) in [6.45, 7) is 1.73. The fraction of sp³-hybridized carbons (Fsp3) is 0.333. The van der Waals surface area contributed by atoms with E-state index in [0.717, 1.165) is 41.1 Å². The minimum absolute atomic E-state index is 0.653. The Morgan fingerprint density at radius 1 is 0.966 bits per heavy atom. The molecule has 29 heavy (non-hydrogen) atoms. The molecule has 1 aliphatic rings. The Labute approximate surface area is 172 Å². The van der Waals surface area contributed by atoms with Gasteiger partial charge in [-0.05, 0) is 73.5 Å². The number of benzene rings is 2. The third-order valence-electron chi connectivity index (χ3n) is 5.76. The first-order chi connectivity index (χ1) is 14.2. The lowest BCUT2D eigenvalue weighted by Crippen LogP contribution is -2.26. The number of fused-ring (bicyclic) bond motifs is 1. The number of nitrogens with zero attached hydrogens (tertiary/aromatic N) is 2. The molecular formula is C24H29N5. The molecule has 0 spiro atoms. The van der Waals surface area contributed by atoms with Crippen LogP contribution >= 0.6 is 0 Å². The van der Waals surface area contributed by atoms with Gasteiger partial charge in [-0.3, -0.25) is 0 Å². The van der Waals surface area contributed by atoms with Gasteiger partial charge in [0.05, 0.1) is 5.52 Å². The number of anilines is 2. The van der Waals surface area contributed by atoms with Crippen molar-refractivity contribution in [1.82, 2.24) is 9.97 Å². The number of rotatable bonds is 6. The monoisotopic (exact) mass is 387 g/mol. The largest absolute Gasteiger partial charge is 0.399 e. The van der Waals surface area contributed by atoms with E-state index in [-0.39, 0.29) is 0 Å². The molecule has 2 unspecified atom stereocenters. The smallest absolute Gasteiger partial charge is 0.154 e. The van der Waals surface area contributed by atoms with Gasteiger partial charge in [-0.15, -0.1) is 0 Å². The van der Waals surface area contributed by atoms with Crippen LogP contribution in [0.1, 0.15) is 37.1 Å². The Morgan fingerprint density at radius 3 is 2.59 bits per heavy atom. The summed E-state index contributed by atoms with van der Waals surface area (Å²) in [5.41, 5.74) is 14.4. The van der Waals surface area contributed by atoms with Crippen LogP contribution in [-0.4, -0.2) is 23.1 Å². The van der Waals surface area contributed by atoms with E-state index in [1.54, 1.807) is 0 Å². The van der Waals surface area contributed by atoms with Gasteiger partial charge < -0.3 is 16.8 Å². The van der Waals surface area contributed by atoms with Crippen LogP contribution < -0.4 is 16.8 Å². The second-order valence-electron chi connectivity index (χ2n) is 7.96. The zero-order valence-electron chi connectivity index (χ0n) is 16.7. The van der Waals surface area contributed by atoms with E-state index >= 15 is 0 Å². The molecule has 0 radical (unpaired) electrons. The lowest BCUT2D eigenvalue weighted by Gasteiger charge is -2.28. The minimum Gasteiger partial charge on any atom is -0.399 e. The van der Waals surface area contributed by atoms with Crippen LogP contribution in [0.2, 0.25) is 0 Å². The number of para-hydroxylation sites is 1. The van der Waals surface area contributed by atoms with Gasteiger partial charge in [0.1, 0.15) is 5.82 Å². The Hall–Kier alpha value is -2.92. The molecule has 5 nitrogen and oxygen atoms in total. The van der Waals surface area contributed by atoms with Crippen LogP contribution in [0.3, 0.4) is 0 Å². The summed E-state index contributed by atoms with van der Waals surface area (Å²) in [4.78, 5) is 9.51. The van der Waals surface area contributed by atoms with E-state index in [1.807, 2.05) is 54.6 Å². The molecular weight excluding hydrogens is 358 g/mol. The third kappa shape index (κ3) is 4.93. The van der Waals surface area contributed by atoms with Gasteiger partial charge >= 0.3 is 0 Å². The highest BCUT2D eigenvalue weighted by atomic mass is 15.0. The first kappa shape index (κ1) is 19.4. The molecule has 3 aromatic rings. The molecule has 1 fully saturated rings. The fourth-order valence-electron chi connectivity index (χ4n) is 4.12. The molecule has 0 aliphatic heterocycles. The van der Waals surface area contributed by atoms with E-state index in [9.17, 15) is 0 Å². The molecule has 2 aromatic carbocycles. The number of aromatic nitrogens is 2. The zero-order valence-corrected chi connectivity index (χ0v) is 16.7. The molecule has 1 heterocycles. The molecule has 1 saturated carbocycles. The number of hydrogen-bond donors (Lipinski definition) is 3. The molecule has 150 valence electrons. The lowest BCUT2D eigenvalue weighted by molar-refractivity contribution is 0.281. The Kier molecular flexibility index (Phi) is 6.06. The van der Waals surface area contributed by atoms with Crippen LogP contribution in [0.4, 0.5) is 11.5 Å². The number of nitrogens with two attached hydrogens (primary N) is 2. The SMILES string of the molecule is NCC1CCCC(CNc2nc(/C=C/c3ccc(N)cc3)nc3ccccc23)C1. The van der Waals surface area contributed by atoms with E-state index in [1.165, 1.54) is 25.7 Å². The maximum absolute atomic E-state index is 5.90. The van der Waals surface area contributed by atoms with Gasteiger partial charge in [-0.2, -0.15) is 0 Å². The second-order valence-corrected chi connectivity index (χ2v) is 7.96. The van der Waals surface area contributed by atoms with Crippen molar-refractivity contribution in [1.29, 1.82) is 0 Å². The van der Waals surface area contributed by atoms with Crippen molar-refractivity contribution in [3.63, 3.8) is 0 Å². The van der Waals surface area contributed by atoms with Gasteiger partial charge in [-0.1, -0.05) is 36.8 Å². The standard InChI is InChI=1S/C24H29N5/c25-15-18-4-3-5-19(14-18)16-27-24-21-6-1-2-7-22(21)28-23(29-24)13-10-17-8-11-20(26)12-9-17/h1-2,6-13,18-19H,3-5,14-16,25-26H2,(H,27,28,29)/b13-10+. The topological polar surface area (TPSA) is 89.8 Å². The maximum Gasteiger partial charge on any atom is 0.154 e. The summed E-state index contributed by atoms with van der Waals surface area (Å²) in [7, 11) is 0. The van der Waals surface area contributed by atoms with E-state index in [0.29, 0.717) is 17.7 Å². The molecule has 5 N–H and O–H groups in total. The fourth-order valence-corrected chi connectivity index (χ4v) is 4.12. The summed E-state index contributed by atoms with van der Waals surface area (Å²) in [5, 5.41) is 4.66. The minimum atomic E-state index is 0.653. The van der Waals surface area contributed by atoms with E-state index < -0.39 is 0 Å². The van der Waals surface area contributed by atoms with Crippen LogP contribution in [0.5, 0.6) is 0 Å². The molecule has 5 heteroatoms. The van der Waals surface area contributed by atoms with E-state index in [4.69, 9.17) is 21.4 Å². The predicted molar refractivity (Wildman–Crippen MR) is 122 cm³/mol. The van der Waals surface area contributed by atoms with Gasteiger partial charge in [0.15, 0.2) is 5.82 Å². The lowest BCUT2D eigenvalue weighted by atomic mass is 9.81. The highest BCUT2D eigenvalue weighted by molar-refractivity contribution is 5.90. The Bertz CT molecular complexity index is 980. The maximum atomic E-state index is 5.90.